The van der Waals surface area contributed by atoms with Crippen molar-refractivity contribution in [1.82, 2.24) is 9.97 Å². The Morgan fingerprint density at radius 1 is 1.25 bits per heavy atom. The Labute approximate surface area is 123 Å². The molecule has 0 fully saturated rings. The minimum absolute atomic E-state index is 0.630. The highest BCUT2D eigenvalue weighted by molar-refractivity contribution is 7.71. The highest BCUT2D eigenvalue weighted by Gasteiger charge is 2.15. The lowest BCUT2D eigenvalue weighted by Gasteiger charge is -2.15. The van der Waals surface area contributed by atoms with Gasteiger partial charge in [0.05, 0.1) is 26.2 Å². The lowest BCUT2D eigenvalue weighted by atomic mass is 10.0. The number of aromatic nitrogens is 2. The van der Waals surface area contributed by atoms with E-state index in [1.54, 1.807) is 20.5 Å². The average Bonchev–Trinajstić information content (AvgIpc) is 2.48. The number of hydrogen-bond donors (Lipinski definition) is 1. The number of methoxy groups -OCH3 is 2. The van der Waals surface area contributed by atoms with Crippen molar-refractivity contribution in [3.05, 3.63) is 34.7 Å². The first-order valence-corrected chi connectivity index (χ1v) is 6.91. The van der Waals surface area contributed by atoms with Gasteiger partial charge in [-0.05, 0) is 18.6 Å². The molecule has 0 aliphatic heterocycles. The van der Waals surface area contributed by atoms with Crippen LogP contribution in [0.15, 0.2) is 24.5 Å². The van der Waals surface area contributed by atoms with Gasteiger partial charge < -0.3 is 14.5 Å². The van der Waals surface area contributed by atoms with Crippen LogP contribution in [0.4, 0.5) is 0 Å². The zero-order chi connectivity index (χ0) is 14.5. The van der Waals surface area contributed by atoms with E-state index in [1.807, 2.05) is 18.2 Å². The Kier molecular flexibility index (Phi) is 4.74. The van der Waals surface area contributed by atoms with Gasteiger partial charge in [-0.2, -0.15) is 0 Å². The molecule has 2 aromatic rings. The quantitative estimate of drug-likeness (QED) is 0.851. The number of aromatic amines is 1. The molecule has 2 rings (SSSR count). The second kappa shape index (κ2) is 6.52. The van der Waals surface area contributed by atoms with Crippen LogP contribution >= 0.6 is 12.2 Å². The standard InChI is InChI=1S/C15H18N2O2S/c1-4-6-11-13(16-9-17-15(11)20)10-7-5-8-12(18-2)14(10)19-3/h5,7-9H,4,6H2,1-3H3,(H,16,17,20). The molecule has 4 nitrogen and oxygen atoms in total. The zero-order valence-electron chi connectivity index (χ0n) is 11.9. The summed E-state index contributed by atoms with van der Waals surface area (Å²) in [6.07, 6.45) is 3.50. The van der Waals surface area contributed by atoms with Crippen molar-refractivity contribution in [2.45, 2.75) is 19.8 Å². The summed E-state index contributed by atoms with van der Waals surface area (Å²) in [7, 11) is 3.26. The van der Waals surface area contributed by atoms with Crippen LogP contribution < -0.4 is 9.47 Å². The topological polar surface area (TPSA) is 47.1 Å². The minimum atomic E-state index is 0.630. The van der Waals surface area contributed by atoms with E-state index in [9.17, 15) is 0 Å². The van der Waals surface area contributed by atoms with E-state index in [0.29, 0.717) is 16.1 Å². The molecule has 5 heteroatoms. The third-order valence-electron chi connectivity index (χ3n) is 3.12. The summed E-state index contributed by atoms with van der Waals surface area (Å²) in [5.74, 6) is 1.40. The molecule has 0 saturated heterocycles. The summed E-state index contributed by atoms with van der Waals surface area (Å²) in [4.78, 5) is 7.36. The monoisotopic (exact) mass is 290 g/mol. The van der Waals surface area contributed by atoms with Gasteiger partial charge in [0, 0.05) is 11.1 Å². The largest absolute Gasteiger partial charge is 0.493 e. The molecule has 0 radical (unpaired) electrons. The van der Waals surface area contributed by atoms with E-state index in [4.69, 9.17) is 21.7 Å². The molecule has 20 heavy (non-hydrogen) atoms. The van der Waals surface area contributed by atoms with Gasteiger partial charge in [0.25, 0.3) is 0 Å². The number of H-pyrrole nitrogens is 1. The summed E-state index contributed by atoms with van der Waals surface area (Å²) in [6.45, 7) is 2.12. The fourth-order valence-electron chi connectivity index (χ4n) is 2.23. The van der Waals surface area contributed by atoms with E-state index >= 15 is 0 Å². The predicted octanol–water partition coefficient (Wildman–Crippen LogP) is 3.78. The van der Waals surface area contributed by atoms with E-state index in [2.05, 4.69) is 16.9 Å². The molecular formula is C15H18N2O2S. The Hall–Kier alpha value is -1.88. The van der Waals surface area contributed by atoms with Gasteiger partial charge in [-0.15, -0.1) is 0 Å². The molecule has 0 spiro atoms. The SMILES string of the molecule is CCCc1c(-c2cccc(OC)c2OC)[nH]cnc1=S. The Bertz CT molecular complexity index is 653. The summed E-state index contributed by atoms with van der Waals surface area (Å²) in [6, 6.07) is 5.79. The van der Waals surface area contributed by atoms with Crippen LogP contribution in [0.1, 0.15) is 18.9 Å². The molecule has 0 saturated carbocycles. The summed E-state index contributed by atoms with van der Waals surface area (Å²) < 4.78 is 11.5. The van der Waals surface area contributed by atoms with Gasteiger partial charge >= 0.3 is 0 Å². The molecular weight excluding hydrogens is 272 g/mol. The number of para-hydroxylation sites is 1. The van der Waals surface area contributed by atoms with Crippen LogP contribution in [-0.2, 0) is 6.42 Å². The predicted molar refractivity (Wildman–Crippen MR) is 82.0 cm³/mol. The number of hydrogen-bond acceptors (Lipinski definition) is 4. The highest BCUT2D eigenvalue weighted by Crippen LogP contribution is 2.38. The first kappa shape index (κ1) is 14.5. The Morgan fingerprint density at radius 3 is 2.70 bits per heavy atom. The molecule has 1 aromatic carbocycles. The van der Waals surface area contributed by atoms with E-state index in [1.165, 1.54) is 0 Å². The third kappa shape index (κ3) is 2.67. The lowest BCUT2D eigenvalue weighted by Crippen LogP contribution is -1.99. The van der Waals surface area contributed by atoms with Crippen molar-refractivity contribution >= 4 is 12.2 Å². The van der Waals surface area contributed by atoms with Crippen molar-refractivity contribution in [2.75, 3.05) is 14.2 Å². The molecule has 0 atom stereocenters. The lowest BCUT2D eigenvalue weighted by molar-refractivity contribution is 0.356. The van der Waals surface area contributed by atoms with Crippen LogP contribution in [0.5, 0.6) is 11.5 Å². The number of ether oxygens (including phenoxy) is 2. The second-order valence-corrected chi connectivity index (χ2v) is 4.74. The molecule has 0 bridgehead atoms. The van der Waals surface area contributed by atoms with Gasteiger partial charge in [0.15, 0.2) is 11.5 Å². The Morgan fingerprint density at radius 2 is 2.05 bits per heavy atom. The van der Waals surface area contributed by atoms with Crippen molar-refractivity contribution in [3.8, 4) is 22.8 Å². The summed E-state index contributed by atoms with van der Waals surface area (Å²) in [5, 5.41) is 0. The van der Waals surface area contributed by atoms with Crippen molar-refractivity contribution in [3.63, 3.8) is 0 Å². The van der Waals surface area contributed by atoms with Crippen LogP contribution in [0.3, 0.4) is 0 Å². The van der Waals surface area contributed by atoms with Crippen LogP contribution in [0, 0.1) is 4.64 Å². The smallest absolute Gasteiger partial charge is 0.170 e. The maximum atomic E-state index is 5.50. The van der Waals surface area contributed by atoms with Crippen molar-refractivity contribution in [1.29, 1.82) is 0 Å². The van der Waals surface area contributed by atoms with Crippen molar-refractivity contribution in [2.24, 2.45) is 0 Å². The fraction of sp³-hybridized carbons (Fsp3) is 0.333. The third-order valence-corrected chi connectivity index (χ3v) is 3.47. The maximum Gasteiger partial charge on any atom is 0.170 e. The average molecular weight is 290 g/mol. The molecule has 0 unspecified atom stereocenters. The molecule has 1 heterocycles. The number of nitrogens with zero attached hydrogens (tertiary/aromatic N) is 1. The van der Waals surface area contributed by atoms with Gasteiger partial charge in [0.1, 0.15) is 4.64 Å². The normalized spacial score (nSPS) is 10.3. The van der Waals surface area contributed by atoms with Gasteiger partial charge in [0.2, 0.25) is 0 Å². The number of benzene rings is 1. The van der Waals surface area contributed by atoms with Crippen LogP contribution in [0.25, 0.3) is 11.3 Å². The highest BCUT2D eigenvalue weighted by atomic mass is 32.1. The number of nitrogens with one attached hydrogen (secondary N) is 1. The van der Waals surface area contributed by atoms with E-state index in [0.717, 1.165) is 29.7 Å². The maximum absolute atomic E-state index is 5.50. The minimum Gasteiger partial charge on any atom is -0.493 e. The van der Waals surface area contributed by atoms with Crippen LogP contribution in [0.2, 0.25) is 0 Å². The number of rotatable bonds is 5. The molecule has 1 N–H and O–H groups in total. The summed E-state index contributed by atoms with van der Waals surface area (Å²) in [5.41, 5.74) is 2.92. The van der Waals surface area contributed by atoms with Crippen LogP contribution in [-0.4, -0.2) is 24.2 Å². The zero-order valence-corrected chi connectivity index (χ0v) is 12.7. The molecule has 1 aromatic heterocycles. The molecule has 0 aliphatic rings. The molecule has 0 amide bonds. The molecule has 106 valence electrons. The van der Waals surface area contributed by atoms with Gasteiger partial charge in [-0.1, -0.05) is 31.6 Å². The van der Waals surface area contributed by atoms with E-state index < -0.39 is 0 Å². The summed E-state index contributed by atoms with van der Waals surface area (Å²) >= 11 is 5.34. The van der Waals surface area contributed by atoms with Gasteiger partial charge in [-0.25, -0.2) is 4.98 Å². The second-order valence-electron chi connectivity index (χ2n) is 4.35. The first-order valence-electron chi connectivity index (χ1n) is 6.50. The molecule has 0 aliphatic carbocycles. The fourth-order valence-corrected chi connectivity index (χ4v) is 2.49. The van der Waals surface area contributed by atoms with Crippen molar-refractivity contribution < 1.29 is 9.47 Å². The van der Waals surface area contributed by atoms with E-state index in [-0.39, 0.29) is 0 Å². The Balaban J connectivity index is 2.68. The van der Waals surface area contributed by atoms with Gasteiger partial charge in [-0.3, -0.25) is 0 Å². The first-order chi connectivity index (χ1) is 9.72.